The van der Waals surface area contributed by atoms with Crippen molar-refractivity contribution < 1.29 is 9.59 Å². The number of benzene rings is 1. The summed E-state index contributed by atoms with van der Waals surface area (Å²) in [5, 5.41) is 5.79. The summed E-state index contributed by atoms with van der Waals surface area (Å²) in [6, 6.07) is 9.68. The van der Waals surface area contributed by atoms with Crippen LogP contribution in [0.4, 0.5) is 0 Å². The Balaban J connectivity index is 1.66. The van der Waals surface area contributed by atoms with Crippen molar-refractivity contribution >= 4 is 11.8 Å². The molecule has 5 nitrogen and oxygen atoms in total. The van der Waals surface area contributed by atoms with Crippen LogP contribution in [0, 0.1) is 5.92 Å². The van der Waals surface area contributed by atoms with E-state index < -0.39 is 0 Å². The minimum absolute atomic E-state index is 0.0704. The second-order valence-electron chi connectivity index (χ2n) is 5.96. The quantitative estimate of drug-likeness (QED) is 0.636. The highest BCUT2D eigenvalue weighted by Crippen LogP contribution is 2.19. The summed E-state index contributed by atoms with van der Waals surface area (Å²) >= 11 is 0. The van der Waals surface area contributed by atoms with Crippen LogP contribution in [0.15, 0.2) is 30.3 Å². The van der Waals surface area contributed by atoms with E-state index in [1.54, 1.807) is 0 Å². The fraction of sp³-hybridized carbons (Fsp3) is 0.529. The Bertz CT molecular complexity index is 500. The molecule has 1 aromatic rings. The van der Waals surface area contributed by atoms with E-state index in [1.807, 2.05) is 37.3 Å². The molecule has 0 heterocycles. The van der Waals surface area contributed by atoms with Gasteiger partial charge in [0.2, 0.25) is 11.8 Å². The topological polar surface area (TPSA) is 84.2 Å². The third kappa shape index (κ3) is 5.15. The van der Waals surface area contributed by atoms with Gasteiger partial charge in [0.05, 0.1) is 5.92 Å². The zero-order chi connectivity index (χ0) is 15.9. The zero-order valence-corrected chi connectivity index (χ0v) is 13.0. The molecule has 2 amide bonds. The maximum Gasteiger partial charge on any atom is 0.224 e. The first kappa shape index (κ1) is 16.5. The van der Waals surface area contributed by atoms with Gasteiger partial charge in [0.1, 0.15) is 0 Å². The van der Waals surface area contributed by atoms with Crippen LogP contribution in [-0.2, 0) is 9.59 Å². The largest absolute Gasteiger partial charge is 0.356 e. The van der Waals surface area contributed by atoms with E-state index in [1.165, 1.54) is 0 Å². The van der Waals surface area contributed by atoms with Crippen LogP contribution in [-0.4, -0.2) is 24.4 Å². The van der Waals surface area contributed by atoms with Gasteiger partial charge in [-0.15, -0.1) is 0 Å². The molecular weight excluding hydrogens is 278 g/mol. The molecule has 2 unspecified atom stereocenters. The number of nitrogens with one attached hydrogen (secondary N) is 2. The molecule has 1 aliphatic rings. The molecule has 0 aromatic heterocycles. The summed E-state index contributed by atoms with van der Waals surface area (Å²) in [5.74, 6) is -0.299. The molecule has 0 saturated heterocycles. The summed E-state index contributed by atoms with van der Waals surface area (Å²) in [7, 11) is 0. The van der Waals surface area contributed by atoms with Gasteiger partial charge in [-0.05, 0) is 24.8 Å². The van der Waals surface area contributed by atoms with E-state index in [0.717, 1.165) is 18.4 Å². The lowest BCUT2D eigenvalue weighted by Gasteiger charge is -2.19. The molecule has 1 fully saturated rings. The van der Waals surface area contributed by atoms with Crippen LogP contribution in [0.3, 0.4) is 0 Å². The molecule has 22 heavy (non-hydrogen) atoms. The van der Waals surface area contributed by atoms with Gasteiger partial charge in [0, 0.05) is 25.0 Å². The van der Waals surface area contributed by atoms with Crippen molar-refractivity contribution in [2.75, 3.05) is 6.54 Å². The van der Waals surface area contributed by atoms with Gasteiger partial charge in [0.15, 0.2) is 0 Å². The van der Waals surface area contributed by atoms with Crippen molar-refractivity contribution in [2.45, 2.75) is 44.7 Å². The van der Waals surface area contributed by atoms with E-state index in [9.17, 15) is 9.59 Å². The molecule has 2 atom stereocenters. The molecule has 4 N–H and O–H groups in total. The van der Waals surface area contributed by atoms with Crippen LogP contribution >= 0.6 is 0 Å². The van der Waals surface area contributed by atoms with Crippen molar-refractivity contribution in [3.05, 3.63) is 35.9 Å². The second-order valence-corrected chi connectivity index (χ2v) is 5.96. The Morgan fingerprint density at radius 1 is 1.27 bits per heavy atom. The van der Waals surface area contributed by atoms with Crippen molar-refractivity contribution in [3.8, 4) is 0 Å². The Morgan fingerprint density at radius 2 is 1.95 bits per heavy atom. The third-order valence-electron chi connectivity index (χ3n) is 3.96. The van der Waals surface area contributed by atoms with Gasteiger partial charge in [-0.2, -0.15) is 0 Å². The molecule has 0 spiro atoms. The van der Waals surface area contributed by atoms with Crippen LogP contribution < -0.4 is 16.4 Å². The second kappa shape index (κ2) is 7.94. The molecule has 0 aliphatic heterocycles. The van der Waals surface area contributed by atoms with E-state index in [0.29, 0.717) is 25.4 Å². The van der Waals surface area contributed by atoms with Gasteiger partial charge < -0.3 is 16.4 Å². The van der Waals surface area contributed by atoms with Crippen molar-refractivity contribution in [3.63, 3.8) is 0 Å². The van der Waals surface area contributed by atoms with Gasteiger partial charge >= 0.3 is 0 Å². The Kier molecular flexibility index (Phi) is 5.95. The first-order valence-electron chi connectivity index (χ1n) is 7.95. The fourth-order valence-electron chi connectivity index (χ4n) is 2.28. The molecule has 1 aromatic carbocycles. The fourth-order valence-corrected chi connectivity index (χ4v) is 2.28. The highest BCUT2D eigenvalue weighted by molar-refractivity contribution is 5.79. The van der Waals surface area contributed by atoms with Crippen molar-refractivity contribution in [2.24, 2.45) is 11.7 Å². The Morgan fingerprint density at radius 3 is 2.59 bits per heavy atom. The summed E-state index contributed by atoms with van der Waals surface area (Å²) in [6.45, 7) is 2.33. The smallest absolute Gasteiger partial charge is 0.224 e. The lowest BCUT2D eigenvalue weighted by atomic mass is 9.94. The average Bonchev–Trinajstić information content (AvgIpc) is 3.34. The number of hydrogen-bond acceptors (Lipinski definition) is 3. The highest BCUT2D eigenvalue weighted by Gasteiger charge is 2.23. The SMILES string of the molecule is CC(C(=O)NCCCC(=O)NC1CC1)C(N)c1ccccc1. The standard InChI is InChI=1S/C17H25N3O2/c1-12(16(18)13-6-3-2-4-7-13)17(22)19-11-5-8-15(21)20-14-9-10-14/h2-4,6-7,12,14,16H,5,8-11,18H2,1H3,(H,19,22)(H,20,21). The normalized spacial score (nSPS) is 16.6. The highest BCUT2D eigenvalue weighted by atomic mass is 16.2. The van der Waals surface area contributed by atoms with Gasteiger partial charge in [-0.3, -0.25) is 9.59 Å². The minimum atomic E-state index is -0.320. The number of hydrogen-bond donors (Lipinski definition) is 3. The van der Waals surface area contributed by atoms with Crippen LogP contribution in [0.2, 0.25) is 0 Å². The maximum absolute atomic E-state index is 12.1. The lowest BCUT2D eigenvalue weighted by molar-refractivity contribution is -0.125. The number of rotatable bonds is 8. The van der Waals surface area contributed by atoms with Gasteiger partial charge in [-0.25, -0.2) is 0 Å². The first-order valence-corrected chi connectivity index (χ1v) is 7.95. The average molecular weight is 303 g/mol. The number of nitrogens with two attached hydrogens (primary N) is 1. The van der Waals surface area contributed by atoms with Crippen LogP contribution in [0.1, 0.15) is 44.2 Å². The molecule has 2 rings (SSSR count). The number of carbonyl (C=O) groups excluding carboxylic acids is 2. The minimum Gasteiger partial charge on any atom is -0.356 e. The van der Waals surface area contributed by atoms with Crippen LogP contribution in [0.25, 0.3) is 0 Å². The molecule has 120 valence electrons. The Hall–Kier alpha value is -1.88. The van der Waals surface area contributed by atoms with E-state index in [-0.39, 0.29) is 23.8 Å². The summed E-state index contributed by atoms with van der Waals surface area (Å²) in [5.41, 5.74) is 7.08. The molecule has 1 saturated carbocycles. The van der Waals surface area contributed by atoms with E-state index in [4.69, 9.17) is 5.73 Å². The molecule has 5 heteroatoms. The van der Waals surface area contributed by atoms with Gasteiger partial charge in [0.25, 0.3) is 0 Å². The number of carbonyl (C=O) groups is 2. The summed E-state index contributed by atoms with van der Waals surface area (Å²) < 4.78 is 0. The van der Waals surface area contributed by atoms with E-state index in [2.05, 4.69) is 10.6 Å². The molecule has 0 radical (unpaired) electrons. The van der Waals surface area contributed by atoms with E-state index >= 15 is 0 Å². The molecular formula is C17H25N3O2. The zero-order valence-electron chi connectivity index (χ0n) is 13.0. The summed E-state index contributed by atoms with van der Waals surface area (Å²) in [6.07, 6.45) is 3.29. The van der Waals surface area contributed by atoms with Gasteiger partial charge in [-0.1, -0.05) is 37.3 Å². The third-order valence-corrected chi connectivity index (χ3v) is 3.96. The Labute approximate surface area is 131 Å². The maximum atomic E-state index is 12.1. The predicted octanol–water partition coefficient (Wildman–Crippen LogP) is 1.50. The lowest BCUT2D eigenvalue weighted by Crippen LogP contribution is -2.36. The van der Waals surface area contributed by atoms with Crippen LogP contribution in [0.5, 0.6) is 0 Å². The predicted molar refractivity (Wildman–Crippen MR) is 85.9 cm³/mol. The number of amides is 2. The van der Waals surface area contributed by atoms with Crippen molar-refractivity contribution in [1.82, 2.24) is 10.6 Å². The monoisotopic (exact) mass is 303 g/mol. The summed E-state index contributed by atoms with van der Waals surface area (Å²) in [4.78, 5) is 23.6. The first-order chi connectivity index (χ1) is 10.6. The molecule has 1 aliphatic carbocycles. The van der Waals surface area contributed by atoms with Crippen molar-refractivity contribution in [1.29, 1.82) is 0 Å². The molecule has 0 bridgehead atoms.